The zero-order chi connectivity index (χ0) is 24.3. The van der Waals surface area contributed by atoms with Gasteiger partial charge in [0.25, 0.3) is 0 Å². The van der Waals surface area contributed by atoms with Gasteiger partial charge in [0.2, 0.25) is 11.8 Å². The quantitative estimate of drug-likeness (QED) is 0.374. The van der Waals surface area contributed by atoms with Crippen molar-refractivity contribution >= 4 is 35.2 Å². The van der Waals surface area contributed by atoms with E-state index in [1.54, 1.807) is 4.90 Å². The monoisotopic (exact) mass is 494 g/mol. The number of thioether (sulfide) groups is 1. The summed E-state index contributed by atoms with van der Waals surface area (Å²) in [7, 11) is 0. The maximum atomic E-state index is 13.5. The molecule has 3 aromatic rings. The van der Waals surface area contributed by atoms with Crippen molar-refractivity contribution in [1.82, 2.24) is 10.2 Å². The zero-order valence-corrected chi connectivity index (χ0v) is 21.2. The van der Waals surface area contributed by atoms with Gasteiger partial charge >= 0.3 is 0 Å². The summed E-state index contributed by atoms with van der Waals surface area (Å²) in [5.41, 5.74) is 4.17. The van der Waals surface area contributed by atoms with Gasteiger partial charge < -0.3 is 10.2 Å². The van der Waals surface area contributed by atoms with Crippen LogP contribution in [0.2, 0.25) is 5.02 Å². The summed E-state index contributed by atoms with van der Waals surface area (Å²) in [4.78, 5) is 28.4. The smallest absolute Gasteiger partial charge is 0.243 e. The highest BCUT2D eigenvalue weighted by atomic mass is 35.5. The highest BCUT2D eigenvalue weighted by molar-refractivity contribution is 7.99. The molecule has 3 rings (SSSR count). The molecule has 0 aliphatic carbocycles. The van der Waals surface area contributed by atoms with Crippen molar-refractivity contribution in [2.24, 2.45) is 0 Å². The molecule has 2 amide bonds. The van der Waals surface area contributed by atoms with Crippen LogP contribution in [0.5, 0.6) is 0 Å². The number of likely N-dealkylation sites (N-methyl/N-ethyl adjacent to an activating group) is 1. The first-order chi connectivity index (χ1) is 16.5. The lowest BCUT2D eigenvalue weighted by molar-refractivity contribution is -0.139. The maximum absolute atomic E-state index is 13.5. The Bertz CT molecular complexity index is 1070. The van der Waals surface area contributed by atoms with E-state index in [4.69, 9.17) is 11.6 Å². The van der Waals surface area contributed by atoms with Gasteiger partial charge in [0.15, 0.2) is 0 Å². The molecule has 0 spiro atoms. The van der Waals surface area contributed by atoms with Gasteiger partial charge in [-0.2, -0.15) is 0 Å². The summed E-state index contributed by atoms with van der Waals surface area (Å²) < 4.78 is 0. The van der Waals surface area contributed by atoms with Gasteiger partial charge in [0.05, 0.1) is 5.75 Å². The molecule has 0 bridgehead atoms. The number of carbonyl (C=O) groups is 2. The Labute approximate surface area is 211 Å². The van der Waals surface area contributed by atoms with Gasteiger partial charge in [0.1, 0.15) is 6.04 Å². The molecule has 1 atom stereocenters. The Hall–Kier alpha value is -2.76. The van der Waals surface area contributed by atoms with Crippen molar-refractivity contribution in [2.45, 2.75) is 38.6 Å². The van der Waals surface area contributed by atoms with E-state index in [2.05, 4.69) is 5.32 Å². The molecule has 1 N–H and O–H groups in total. The summed E-state index contributed by atoms with van der Waals surface area (Å²) in [6.07, 6.45) is 0.458. The average molecular weight is 495 g/mol. The van der Waals surface area contributed by atoms with E-state index < -0.39 is 6.04 Å². The van der Waals surface area contributed by atoms with E-state index in [0.717, 1.165) is 22.3 Å². The van der Waals surface area contributed by atoms with Crippen LogP contribution in [0.3, 0.4) is 0 Å². The molecule has 0 radical (unpaired) electrons. The van der Waals surface area contributed by atoms with E-state index in [1.807, 2.05) is 92.7 Å². The summed E-state index contributed by atoms with van der Waals surface area (Å²) in [5, 5.41) is 3.63. The second kappa shape index (κ2) is 13.2. The molecule has 3 aromatic carbocycles. The minimum absolute atomic E-state index is 0.0650. The number of rotatable bonds is 11. The molecule has 0 aliphatic rings. The van der Waals surface area contributed by atoms with Crippen molar-refractivity contribution in [1.29, 1.82) is 0 Å². The highest BCUT2D eigenvalue weighted by Crippen LogP contribution is 2.22. The molecule has 0 aliphatic heterocycles. The van der Waals surface area contributed by atoms with Gasteiger partial charge in [-0.25, -0.2) is 0 Å². The van der Waals surface area contributed by atoms with E-state index in [9.17, 15) is 9.59 Å². The number of hydrogen-bond donors (Lipinski definition) is 1. The third-order valence-electron chi connectivity index (χ3n) is 5.54. The fraction of sp³-hybridized carbons (Fsp3) is 0.286. The molecule has 0 aromatic heterocycles. The number of benzene rings is 3. The second-order valence-electron chi connectivity index (χ2n) is 8.19. The van der Waals surface area contributed by atoms with Gasteiger partial charge in [-0.3, -0.25) is 9.59 Å². The van der Waals surface area contributed by atoms with Crippen LogP contribution in [0, 0.1) is 6.92 Å². The van der Waals surface area contributed by atoms with Crippen LogP contribution in [0.4, 0.5) is 0 Å². The van der Waals surface area contributed by atoms with Gasteiger partial charge in [0, 0.05) is 30.3 Å². The second-order valence-corrected chi connectivity index (χ2v) is 9.58. The van der Waals surface area contributed by atoms with Crippen molar-refractivity contribution in [2.75, 3.05) is 12.3 Å². The molecule has 4 nitrogen and oxygen atoms in total. The normalized spacial score (nSPS) is 11.6. The third-order valence-corrected chi connectivity index (χ3v) is 6.87. The molecule has 178 valence electrons. The lowest BCUT2D eigenvalue weighted by Gasteiger charge is -2.31. The lowest BCUT2D eigenvalue weighted by atomic mass is 10.0. The van der Waals surface area contributed by atoms with Crippen molar-refractivity contribution in [3.05, 3.63) is 106 Å². The van der Waals surface area contributed by atoms with E-state index in [-0.39, 0.29) is 17.6 Å². The fourth-order valence-electron chi connectivity index (χ4n) is 3.68. The Balaban J connectivity index is 1.82. The molecular formula is C28H31ClN2O2S. The number of hydrogen-bond acceptors (Lipinski definition) is 3. The Morgan fingerprint density at radius 3 is 2.29 bits per heavy atom. The van der Waals surface area contributed by atoms with Gasteiger partial charge in [-0.1, -0.05) is 90.0 Å². The first-order valence-corrected chi connectivity index (χ1v) is 13.0. The predicted octanol–water partition coefficient (Wildman–Crippen LogP) is 5.66. The Kier molecular flexibility index (Phi) is 10.0. The van der Waals surface area contributed by atoms with Gasteiger partial charge in [-0.05, 0) is 36.6 Å². The van der Waals surface area contributed by atoms with Crippen LogP contribution < -0.4 is 5.32 Å². The number of aryl methyl sites for hydroxylation is 1. The van der Waals surface area contributed by atoms with Crippen LogP contribution >= 0.6 is 23.4 Å². The van der Waals surface area contributed by atoms with Crippen LogP contribution in [-0.2, 0) is 28.3 Å². The molecular weight excluding hydrogens is 464 g/mol. The van der Waals surface area contributed by atoms with E-state index >= 15 is 0 Å². The summed E-state index contributed by atoms with van der Waals surface area (Å²) in [6, 6.07) is 25.0. The number of nitrogens with one attached hydrogen (secondary N) is 1. The molecule has 0 unspecified atom stereocenters. The standard InChI is InChI=1S/C28H31ClN2O2S/c1-3-30-28(33)26(17-22-9-5-4-6-10-22)31(18-23-15-13-21(2)14-16-23)27(32)20-34-19-24-11-7-8-12-25(24)29/h4-16,26H,3,17-20H2,1-2H3,(H,30,33)/t26-/m1/s1. The number of amides is 2. The zero-order valence-electron chi connectivity index (χ0n) is 19.7. The summed E-state index contributed by atoms with van der Waals surface area (Å²) in [5.74, 6) is 0.698. The predicted molar refractivity (Wildman–Crippen MR) is 142 cm³/mol. The number of halogens is 1. The topological polar surface area (TPSA) is 49.4 Å². The Morgan fingerprint density at radius 2 is 1.62 bits per heavy atom. The largest absolute Gasteiger partial charge is 0.355 e. The van der Waals surface area contributed by atoms with Crippen molar-refractivity contribution in [3.63, 3.8) is 0 Å². The molecule has 0 saturated heterocycles. The number of nitrogens with zero attached hydrogens (tertiary/aromatic N) is 1. The van der Waals surface area contributed by atoms with Crippen molar-refractivity contribution in [3.8, 4) is 0 Å². The molecule has 6 heteroatoms. The molecule has 0 saturated carbocycles. The van der Waals surface area contributed by atoms with E-state index in [1.165, 1.54) is 11.8 Å². The Morgan fingerprint density at radius 1 is 0.941 bits per heavy atom. The number of carbonyl (C=O) groups excluding carboxylic acids is 2. The first kappa shape index (κ1) is 25.9. The van der Waals surface area contributed by atoms with Crippen LogP contribution in [0.25, 0.3) is 0 Å². The molecule has 0 fully saturated rings. The van der Waals surface area contributed by atoms with Crippen molar-refractivity contribution < 1.29 is 9.59 Å². The summed E-state index contributed by atoms with van der Waals surface area (Å²) in [6.45, 7) is 4.81. The van der Waals surface area contributed by atoms with Crippen LogP contribution in [0.1, 0.15) is 29.2 Å². The first-order valence-electron chi connectivity index (χ1n) is 11.5. The average Bonchev–Trinajstić information content (AvgIpc) is 2.84. The lowest BCUT2D eigenvalue weighted by Crippen LogP contribution is -2.51. The molecule has 0 heterocycles. The van der Waals surface area contributed by atoms with Gasteiger partial charge in [-0.15, -0.1) is 11.8 Å². The van der Waals surface area contributed by atoms with E-state index in [0.29, 0.717) is 30.3 Å². The minimum Gasteiger partial charge on any atom is -0.355 e. The minimum atomic E-state index is -0.600. The SMILES string of the molecule is CCNC(=O)[C@@H](Cc1ccccc1)N(Cc1ccc(C)cc1)C(=O)CSCc1ccccc1Cl. The fourth-order valence-corrected chi connectivity index (χ4v) is 4.88. The van der Waals surface area contributed by atoms with Crippen LogP contribution in [0.15, 0.2) is 78.9 Å². The van der Waals surface area contributed by atoms with Crippen LogP contribution in [-0.4, -0.2) is 35.1 Å². The third kappa shape index (κ3) is 7.64. The molecule has 34 heavy (non-hydrogen) atoms. The highest BCUT2D eigenvalue weighted by Gasteiger charge is 2.30. The maximum Gasteiger partial charge on any atom is 0.243 e. The summed E-state index contributed by atoms with van der Waals surface area (Å²) >= 11 is 7.79.